The Bertz CT molecular complexity index is 1090. The quantitative estimate of drug-likeness (QED) is 0.592. The number of carbonyl (C=O) groups excluding carboxylic acids is 1. The molecule has 0 radical (unpaired) electrons. The number of aromatic amines is 1. The van der Waals surface area contributed by atoms with Gasteiger partial charge in [-0.3, -0.25) is 5.10 Å². The first-order valence-corrected chi connectivity index (χ1v) is 10.1. The number of halogens is 1. The molecule has 9 nitrogen and oxygen atoms in total. The number of alkyl carbamates (subject to hydrolysis) is 1. The molecule has 3 N–H and O–H groups in total. The van der Waals surface area contributed by atoms with E-state index >= 15 is 0 Å². The van der Waals surface area contributed by atoms with Crippen molar-refractivity contribution in [2.45, 2.75) is 63.3 Å². The summed E-state index contributed by atoms with van der Waals surface area (Å²) in [5.41, 5.74) is 2.35. The van der Waals surface area contributed by atoms with Crippen molar-refractivity contribution in [2.24, 2.45) is 0 Å². The lowest BCUT2D eigenvalue weighted by molar-refractivity contribution is 0.0583. The molecule has 0 saturated heterocycles. The second kappa shape index (κ2) is 6.96. The van der Waals surface area contributed by atoms with E-state index in [0.29, 0.717) is 18.1 Å². The third-order valence-electron chi connectivity index (χ3n) is 5.89. The predicted octanol–water partition coefficient (Wildman–Crippen LogP) is 3.37. The van der Waals surface area contributed by atoms with Crippen molar-refractivity contribution in [2.75, 3.05) is 5.32 Å². The molecule has 2 aliphatic carbocycles. The van der Waals surface area contributed by atoms with Crippen LogP contribution in [0.3, 0.4) is 0 Å². The number of aryl methyl sites for hydroxylation is 1. The Morgan fingerprint density at radius 2 is 2.20 bits per heavy atom. The van der Waals surface area contributed by atoms with Crippen LogP contribution in [0.4, 0.5) is 20.8 Å². The minimum absolute atomic E-state index is 0.0988. The summed E-state index contributed by atoms with van der Waals surface area (Å²) in [5, 5.41) is 17.6. The van der Waals surface area contributed by atoms with Crippen LogP contribution in [0.2, 0.25) is 0 Å². The second-order valence-electron chi connectivity index (χ2n) is 8.54. The van der Waals surface area contributed by atoms with E-state index in [4.69, 9.17) is 4.74 Å². The van der Waals surface area contributed by atoms with Gasteiger partial charge in [-0.05, 0) is 45.6 Å². The van der Waals surface area contributed by atoms with E-state index in [2.05, 4.69) is 30.9 Å². The average molecular weight is 413 g/mol. The van der Waals surface area contributed by atoms with Crippen LogP contribution in [0.15, 0.2) is 24.5 Å². The fourth-order valence-electron chi connectivity index (χ4n) is 3.92. The molecule has 3 heterocycles. The summed E-state index contributed by atoms with van der Waals surface area (Å²) < 4.78 is 21.6. The van der Waals surface area contributed by atoms with Crippen LogP contribution >= 0.6 is 0 Å². The molecule has 1 amide bonds. The number of fused-ring (bicyclic) bond motifs is 1. The van der Waals surface area contributed by atoms with Gasteiger partial charge in [0.2, 0.25) is 0 Å². The van der Waals surface area contributed by atoms with E-state index in [1.165, 1.54) is 0 Å². The second-order valence-corrected chi connectivity index (χ2v) is 8.54. The Balaban J connectivity index is 1.24. The zero-order valence-corrected chi connectivity index (χ0v) is 16.9. The fourth-order valence-corrected chi connectivity index (χ4v) is 3.92. The van der Waals surface area contributed by atoms with Crippen LogP contribution in [-0.2, 0) is 4.74 Å². The Labute approximate surface area is 172 Å². The highest BCUT2D eigenvalue weighted by Gasteiger charge is 2.42. The minimum Gasteiger partial charge on any atom is -0.443 e. The summed E-state index contributed by atoms with van der Waals surface area (Å²) in [6.45, 7) is 3.87. The van der Waals surface area contributed by atoms with Crippen LogP contribution in [0.5, 0.6) is 0 Å². The number of nitrogens with zero attached hydrogens (tertiary/aromatic N) is 4. The van der Waals surface area contributed by atoms with Crippen molar-refractivity contribution in [3.63, 3.8) is 0 Å². The highest BCUT2D eigenvalue weighted by Crippen LogP contribution is 2.39. The molecule has 3 aromatic rings. The van der Waals surface area contributed by atoms with Crippen LogP contribution in [0, 0.1) is 6.92 Å². The molecule has 5 rings (SSSR count). The van der Waals surface area contributed by atoms with Crippen LogP contribution in [-0.4, -0.2) is 48.7 Å². The first kappa shape index (κ1) is 18.8. The maximum absolute atomic E-state index is 14.5. The number of aromatic nitrogens is 5. The van der Waals surface area contributed by atoms with Crippen molar-refractivity contribution in [1.82, 2.24) is 30.1 Å². The van der Waals surface area contributed by atoms with E-state index in [0.717, 1.165) is 29.7 Å². The zero-order valence-electron chi connectivity index (χ0n) is 16.9. The molecule has 2 aliphatic rings. The lowest BCUT2D eigenvalue weighted by Gasteiger charge is -2.17. The third-order valence-corrected chi connectivity index (χ3v) is 5.89. The summed E-state index contributed by atoms with van der Waals surface area (Å²) in [7, 11) is 0. The van der Waals surface area contributed by atoms with Gasteiger partial charge in [-0.15, -0.1) is 0 Å². The van der Waals surface area contributed by atoms with E-state index in [9.17, 15) is 9.18 Å². The maximum Gasteiger partial charge on any atom is 0.407 e. The van der Waals surface area contributed by atoms with Gasteiger partial charge >= 0.3 is 6.09 Å². The summed E-state index contributed by atoms with van der Waals surface area (Å²) in [6, 6.07) is 3.78. The van der Waals surface area contributed by atoms with Crippen molar-refractivity contribution in [1.29, 1.82) is 0 Å². The molecular weight excluding hydrogens is 389 g/mol. The smallest absolute Gasteiger partial charge is 0.407 e. The average Bonchev–Trinajstić information content (AvgIpc) is 3.05. The van der Waals surface area contributed by atoms with Crippen molar-refractivity contribution in [3.8, 4) is 0 Å². The number of H-pyrrole nitrogens is 1. The van der Waals surface area contributed by atoms with E-state index in [1.54, 1.807) is 16.9 Å². The lowest BCUT2D eigenvalue weighted by atomic mass is 10.0. The first-order valence-electron chi connectivity index (χ1n) is 10.1. The Kier molecular flexibility index (Phi) is 4.37. The molecular formula is C20H24FN7O2. The van der Waals surface area contributed by atoms with Gasteiger partial charge in [-0.25, -0.2) is 18.7 Å². The van der Waals surface area contributed by atoms with E-state index in [1.807, 2.05) is 26.0 Å². The monoisotopic (exact) mass is 413 g/mol. The Hall–Kier alpha value is -3.17. The number of rotatable bonds is 5. The molecule has 0 aliphatic heterocycles. The Morgan fingerprint density at radius 1 is 1.37 bits per heavy atom. The van der Waals surface area contributed by atoms with Gasteiger partial charge in [-0.1, -0.05) is 0 Å². The molecule has 10 heteroatoms. The highest BCUT2D eigenvalue weighted by atomic mass is 19.1. The molecule has 2 saturated carbocycles. The summed E-state index contributed by atoms with van der Waals surface area (Å²) in [4.78, 5) is 16.4. The van der Waals surface area contributed by atoms with Gasteiger partial charge in [0.25, 0.3) is 0 Å². The summed E-state index contributed by atoms with van der Waals surface area (Å²) in [5.74, 6) is 1.12. The SMILES string of the molecule is Cc1cc2c(Nc3cc([C@H]4C[C@@H](F)[C@@H](OC(=O)NC5(C)CC5)C4)[nH]n3)nccn2n1. The van der Waals surface area contributed by atoms with Crippen molar-refractivity contribution in [3.05, 3.63) is 35.9 Å². The third kappa shape index (κ3) is 3.69. The highest BCUT2D eigenvalue weighted by molar-refractivity contribution is 5.72. The molecule has 3 atom stereocenters. The molecule has 3 aromatic heterocycles. The van der Waals surface area contributed by atoms with E-state index < -0.39 is 18.4 Å². The Morgan fingerprint density at radius 3 is 3.00 bits per heavy atom. The summed E-state index contributed by atoms with van der Waals surface area (Å²) in [6.07, 6.45) is 3.53. The molecule has 0 spiro atoms. The van der Waals surface area contributed by atoms with Gasteiger partial charge in [-0.2, -0.15) is 10.2 Å². The minimum atomic E-state index is -1.20. The van der Waals surface area contributed by atoms with Crippen LogP contribution < -0.4 is 10.6 Å². The standard InChI is InChI=1S/C20H24FN7O2/c1-11-7-15-18(22-5-6-28(15)27-11)23-17-10-14(25-26-17)12-8-13(21)16(9-12)30-19(29)24-20(2)3-4-20/h5-7,10,12-13,16H,3-4,8-9H2,1-2H3,(H,24,29)(H2,22,23,25,26)/t12-,13+,16-/m0/s1. The molecule has 0 unspecified atom stereocenters. The molecule has 30 heavy (non-hydrogen) atoms. The number of hydrogen-bond donors (Lipinski definition) is 3. The fraction of sp³-hybridized carbons (Fsp3) is 0.500. The molecule has 0 bridgehead atoms. The topological polar surface area (TPSA) is 109 Å². The van der Waals surface area contributed by atoms with Crippen molar-refractivity contribution >= 4 is 23.2 Å². The molecule has 158 valence electrons. The van der Waals surface area contributed by atoms with Gasteiger partial charge in [0.05, 0.1) is 5.69 Å². The summed E-state index contributed by atoms with van der Waals surface area (Å²) >= 11 is 0. The number of anilines is 2. The first-order chi connectivity index (χ1) is 14.4. The van der Waals surface area contributed by atoms with Gasteiger partial charge in [0.15, 0.2) is 11.6 Å². The number of nitrogens with one attached hydrogen (secondary N) is 3. The van der Waals surface area contributed by atoms with Gasteiger partial charge < -0.3 is 15.4 Å². The van der Waals surface area contributed by atoms with Gasteiger partial charge in [0, 0.05) is 35.6 Å². The lowest BCUT2D eigenvalue weighted by Crippen LogP contribution is -2.38. The van der Waals surface area contributed by atoms with Gasteiger partial charge in [0.1, 0.15) is 17.8 Å². The van der Waals surface area contributed by atoms with Crippen LogP contribution in [0.25, 0.3) is 5.52 Å². The van der Waals surface area contributed by atoms with E-state index in [-0.39, 0.29) is 17.9 Å². The normalized spacial score (nSPS) is 24.7. The zero-order chi connectivity index (χ0) is 20.9. The largest absolute Gasteiger partial charge is 0.443 e. The maximum atomic E-state index is 14.5. The van der Waals surface area contributed by atoms with Crippen molar-refractivity contribution < 1.29 is 13.9 Å². The molecule has 0 aromatic carbocycles. The number of amides is 1. The van der Waals surface area contributed by atoms with Crippen LogP contribution in [0.1, 0.15) is 49.9 Å². The molecule has 2 fully saturated rings. The number of alkyl halides is 1. The number of carbonyl (C=O) groups is 1. The number of hydrogen-bond acceptors (Lipinski definition) is 6. The number of ether oxygens (including phenoxy) is 1. The predicted molar refractivity (Wildman–Crippen MR) is 108 cm³/mol.